The third kappa shape index (κ3) is 7.57. The number of aliphatic imine (C=N–C) groups is 2. The maximum Gasteiger partial charge on any atom is 0.0893 e. The molecule has 6 aromatic heterocycles. The van der Waals surface area contributed by atoms with Gasteiger partial charge in [0.15, 0.2) is 0 Å². The first-order valence-electron chi connectivity index (χ1n) is 24.7. The van der Waals surface area contributed by atoms with E-state index in [4.69, 9.17) is 29.9 Å². The molecule has 8 nitrogen and oxygen atoms in total. The van der Waals surface area contributed by atoms with E-state index in [-0.39, 0.29) is 0 Å². The molecule has 74 heavy (non-hydrogen) atoms. The molecule has 0 spiro atoms. The van der Waals surface area contributed by atoms with Crippen molar-refractivity contribution in [2.75, 3.05) is 0 Å². The number of aromatic amines is 2. The number of nitrogens with one attached hydrogen (secondary N) is 2. The number of allylic oxidation sites excluding steroid dienone is 4. The van der Waals surface area contributed by atoms with Gasteiger partial charge in [-0.15, -0.1) is 0 Å². The summed E-state index contributed by atoms with van der Waals surface area (Å²) in [4.78, 5) is 40.7. The maximum absolute atomic E-state index is 5.65. The molecule has 4 aliphatic heterocycles. The second-order valence-corrected chi connectivity index (χ2v) is 18.3. The normalized spacial score (nSPS) is 14.6. The number of hydrogen-bond acceptors (Lipinski definition) is 6. The van der Waals surface area contributed by atoms with Gasteiger partial charge < -0.3 is 9.97 Å². The molecule has 10 aromatic rings. The zero-order valence-corrected chi connectivity index (χ0v) is 39.8. The largest absolute Gasteiger partial charge is 0.354 e. The first-order valence-corrected chi connectivity index (χ1v) is 24.7. The summed E-state index contributed by atoms with van der Waals surface area (Å²) in [6, 6.07) is 74.9. The van der Waals surface area contributed by atoms with Crippen molar-refractivity contribution in [1.29, 1.82) is 0 Å². The van der Waals surface area contributed by atoms with Crippen molar-refractivity contribution in [2.45, 2.75) is 0 Å². The number of fused-ring (bicyclic) bond motifs is 16. The molecule has 14 rings (SSSR count). The second-order valence-electron chi connectivity index (χ2n) is 18.3. The lowest BCUT2D eigenvalue weighted by Crippen LogP contribution is -2.26. The first kappa shape index (κ1) is 42.7. The van der Waals surface area contributed by atoms with Crippen LogP contribution in [0, 0.1) is 0 Å². The number of aromatic nitrogens is 6. The number of nitrogens with zero attached hydrogens (tertiary/aromatic N) is 6. The van der Waals surface area contributed by atoms with Crippen molar-refractivity contribution in [3.8, 4) is 22.8 Å². The maximum atomic E-state index is 5.65. The fraction of sp³-hybridized carbons (Fsp3) is 0. The highest BCUT2D eigenvalue weighted by Gasteiger charge is 2.27. The predicted molar refractivity (Wildman–Crippen MR) is 296 cm³/mol. The summed E-state index contributed by atoms with van der Waals surface area (Å²) in [5.41, 5.74) is 18.8. The van der Waals surface area contributed by atoms with Crippen molar-refractivity contribution in [1.82, 2.24) is 29.9 Å². The van der Waals surface area contributed by atoms with Crippen LogP contribution in [0.2, 0.25) is 0 Å². The minimum absolute atomic E-state index is 0.754. The Morgan fingerprint density at radius 2 is 0.486 bits per heavy atom. The smallest absolute Gasteiger partial charge is 0.0893 e. The molecular formula is C66H42N8. The topological polar surface area (TPSA) is 108 Å². The molecule has 2 N–H and O–H groups in total. The van der Waals surface area contributed by atoms with Gasteiger partial charge in [0, 0.05) is 54.8 Å². The lowest BCUT2D eigenvalue weighted by atomic mass is 9.96. The Kier molecular flexibility index (Phi) is 10.3. The zero-order chi connectivity index (χ0) is 49.0. The number of H-pyrrole nitrogens is 2. The van der Waals surface area contributed by atoms with Crippen LogP contribution in [0.5, 0.6) is 0 Å². The summed E-state index contributed by atoms with van der Waals surface area (Å²) in [6.45, 7) is 0. The molecule has 0 aliphatic carbocycles. The highest BCUT2D eigenvalue weighted by molar-refractivity contribution is 6.50. The monoisotopic (exact) mass is 946 g/mol. The fourth-order valence-electron chi connectivity index (χ4n) is 10.5. The van der Waals surface area contributed by atoms with Crippen LogP contribution in [-0.2, 0) is 0 Å². The third-order valence-corrected chi connectivity index (χ3v) is 13.8. The van der Waals surface area contributed by atoms with Crippen molar-refractivity contribution < 1.29 is 0 Å². The number of benzene rings is 4. The second kappa shape index (κ2) is 17.9. The van der Waals surface area contributed by atoms with Crippen LogP contribution in [0.15, 0.2) is 264 Å². The highest BCUT2D eigenvalue weighted by Crippen LogP contribution is 2.36. The summed E-state index contributed by atoms with van der Waals surface area (Å²) in [5, 5.41) is 3.48. The minimum Gasteiger partial charge on any atom is -0.354 e. The molecule has 10 heterocycles. The van der Waals surface area contributed by atoms with E-state index >= 15 is 0 Å². The Balaban J connectivity index is 1.16. The third-order valence-electron chi connectivity index (χ3n) is 13.8. The van der Waals surface area contributed by atoms with Crippen LogP contribution in [0.25, 0.3) is 56.2 Å². The average molecular weight is 947 g/mol. The quantitative estimate of drug-likeness (QED) is 0.179. The molecule has 0 fully saturated rings. The van der Waals surface area contributed by atoms with Crippen molar-refractivity contribution in [3.63, 3.8) is 0 Å². The van der Waals surface area contributed by atoms with Gasteiger partial charge in [-0.3, -0.25) is 0 Å². The Hall–Kier alpha value is -10.2. The number of hydrogen-bond donors (Lipinski definition) is 2. The van der Waals surface area contributed by atoms with Crippen molar-refractivity contribution in [3.05, 3.63) is 321 Å². The van der Waals surface area contributed by atoms with Crippen LogP contribution < -0.4 is 21.4 Å². The van der Waals surface area contributed by atoms with Crippen LogP contribution in [-0.4, -0.2) is 41.3 Å². The van der Waals surface area contributed by atoms with Gasteiger partial charge in [0.2, 0.25) is 0 Å². The summed E-state index contributed by atoms with van der Waals surface area (Å²) in [6.07, 6.45) is 8.47. The summed E-state index contributed by atoms with van der Waals surface area (Å²) in [7, 11) is 0. The van der Waals surface area contributed by atoms with Gasteiger partial charge in [-0.05, 0) is 119 Å². The number of rotatable bonds is 5. The van der Waals surface area contributed by atoms with Gasteiger partial charge in [-0.1, -0.05) is 146 Å². The summed E-state index contributed by atoms with van der Waals surface area (Å²) in [5.74, 6) is 0. The zero-order valence-electron chi connectivity index (χ0n) is 39.8. The van der Waals surface area contributed by atoms with Gasteiger partial charge in [0.05, 0.1) is 68.4 Å². The molecule has 4 aliphatic rings. The van der Waals surface area contributed by atoms with E-state index in [1.54, 1.807) is 0 Å². The molecular weight excluding hydrogens is 905 g/mol. The van der Waals surface area contributed by atoms with Crippen molar-refractivity contribution >= 4 is 44.9 Å². The predicted octanol–water partition coefficient (Wildman–Crippen LogP) is 10.3. The van der Waals surface area contributed by atoms with Gasteiger partial charge in [0.1, 0.15) is 0 Å². The standard InChI is InChI=1S/C66H42N8/c1-5-17-41(18-6-1)61-49-29-13-25-45(67-49)46-26-14-30-50(68-46)62(42-19-7-2-8-20-42)54-34-38-58(72-54)65(57-37-33-53(61)71-57)66-59-39-35-55(73-59)63(43-21-9-3-10-22-43)51-31-15-27-47(69-51)48-28-16-32-52(70-48)64(44-23-11-4-12-24-44)56-36-40-60(66)74-56/h1-40,71,73H. The average Bonchev–Trinajstić information content (AvgIpc) is 4.32. The molecule has 16 bridgehead atoms. The molecule has 346 valence electrons. The molecule has 0 saturated carbocycles. The Bertz CT molecular complexity index is 4100. The van der Waals surface area contributed by atoms with E-state index in [0.717, 1.165) is 145 Å². The van der Waals surface area contributed by atoms with E-state index in [1.165, 1.54) is 0 Å². The molecule has 0 saturated heterocycles. The molecule has 0 radical (unpaired) electrons. The fourth-order valence-corrected chi connectivity index (χ4v) is 10.5. The summed E-state index contributed by atoms with van der Waals surface area (Å²) >= 11 is 0. The first-order chi connectivity index (χ1) is 36.7. The van der Waals surface area contributed by atoms with E-state index in [2.05, 4.69) is 204 Å². The Morgan fingerprint density at radius 1 is 0.216 bits per heavy atom. The van der Waals surface area contributed by atoms with Crippen LogP contribution >= 0.6 is 0 Å². The van der Waals surface area contributed by atoms with Crippen LogP contribution in [0.4, 0.5) is 0 Å². The molecule has 4 aromatic carbocycles. The Labute approximate surface area is 426 Å². The van der Waals surface area contributed by atoms with E-state index < -0.39 is 0 Å². The van der Waals surface area contributed by atoms with Gasteiger partial charge in [0.25, 0.3) is 0 Å². The summed E-state index contributed by atoms with van der Waals surface area (Å²) < 4.78 is 0. The SMILES string of the molecule is C1=CC2=C(c3ccccc3)c3cccc(n3)-c3cccc(n3)C(c3ccccc3)=c3ccc([nH]3)=C(C3=c4ccc([nH]4)=C(c4ccccc4)c4cccc(n4)-c4cccc(n4)C(c4ccccc4)=C4C=CC3=N4)C1=N2. The van der Waals surface area contributed by atoms with Gasteiger partial charge in [-0.2, -0.15) is 0 Å². The molecule has 8 heteroatoms. The molecule has 0 unspecified atom stereocenters. The lowest BCUT2D eigenvalue weighted by molar-refractivity contribution is 1.18. The molecule has 0 atom stereocenters. The van der Waals surface area contributed by atoms with Crippen molar-refractivity contribution in [2.24, 2.45) is 9.98 Å². The van der Waals surface area contributed by atoms with E-state index in [0.29, 0.717) is 0 Å². The van der Waals surface area contributed by atoms with E-state index in [9.17, 15) is 0 Å². The lowest BCUT2D eigenvalue weighted by Gasteiger charge is -2.13. The van der Waals surface area contributed by atoms with Crippen LogP contribution in [0.3, 0.4) is 0 Å². The Morgan fingerprint density at radius 3 is 0.811 bits per heavy atom. The van der Waals surface area contributed by atoms with Crippen LogP contribution in [0.1, 0.15) is 45.0 Å². The van der Waals surface area contributed by atoms with E-state index in [1.807, 2.05) is 48.5 Å². The molecule has 0 amide bonds. The highest BCUT2D eigenvalue weighted by atomic mass is 14.9. The minimum atomic E-state index is 0.754. The van der Waals surface area contributed by atoms with Gasteiger partial charge >= 0.3 is 0 Å². The van der Waals surface area contributed by atoms with Gasteiger partial charge in [-0.25, -0.2) is 29.9 Å². The number of pyridine rings is 4.